The van der Waals surface area contributed by atoms with E-state index in [0.717, 1.165) is 22.5 Å². The van der Waals surface area contributed by atoms with Crippen molar-refractivity contribution in [1.82, 2.24) is 5.32 Å². The molecule has 0 bridgehead atoms. The highest BCUT2D eigenvalue weighted by atomic mass is 79.9. The molecule has 0 saturated carbocycles. The Hall–Kier alpha value is -0.740. The molecule has 1 N–H and O–H groups in total. The third-order valence-corrected chi connectivity index (χ3v) is 3.92. The maximum atomic E-state index is 5.33. The third kappa shape index (κ3) is 5.03. The monoisotopic (exact) mass is 329 g/mol. The van der Waals surface area contributed by atoms with Crippen LogP contribution in [0.5, 0.6) is 11.5 Å². The molecule has 0 fully saturated rings. The molecule has 1 unspecified atom stereocenters. The van der Waals surface area contributed by atoms with Gasteiger partial charge in [0.15, 0.2) is 11.5 Å². The van der Waals surface area contributed by atoms with Gasteiger partial charge in [-0.05, 0) is 31.0 Å². The normalized spacial score (nSPS) is 12.3. The van der Waals surface area contributed by atoms with Crippen molar-refractivity contribution in [2.75, 3.05) is 14.2 Å². The van der Waals surface area contributed by atoms with Crippen LogP contribution in [0.1, 0.15) is 38.7 Å². The molecule has 19 heavy (non-hydrogen) atoms. The summed E-state index contributed by atoms with van der Waals surface area (Å²) in [6.07, 6.45) is 3.72. The van der Waals surface area contributed by atoms with E-state index in [1.165, 1.54) is 24.8 Å². The summed E-state index contributed by atoms with van der Waals surface area (Å²) in [5, 5.41) is 3.54. The van der Waals surface area contributed by atoms with Gasteiger partial charge >= 0.3 is 0 Å². The number of ether oxygens (including phenoxy) is 2. The minimum atomic E-state index is 0.528. The Labute approximate surface area is 124 Å². The van der Waals surface area contributed by atoms with Crippen molar-refractivity contribution in [3.8, 4) is 11.5 Å². The van der Waals surface area contributed by atoms with Crippen molar-refractivity contribution < 1.29 is 9.47 Å². The summed E-state index contributed by atoms with van der Waals surface area (Å²) < 4.78 is 11.6. The predicted molar refractivity (Wildman–Crippen MR) is 83.1 cm³/mol. The van der Waals surface area contributed by atoms with E-state index in [1.54, 1.807) is 14.2 Å². The molecular formula is C15H24BrNO2. The largest absolute Gasteiger partial charge is 0.493 e. The zero-order valence-electron chi connectivity index (χ0n) is 12.3. The van der Waals surface area contributed by atoms with Gasteiger partial charge in [0.25, 0.3) is 0 Å². The average molecular weight is 330 g/mol. The van der Waals surface area contributed by atoms with Gasteiger partial charge in [-0.25, -0.2) is 0 Å². The second-order valence-electron chi connectivity index (χ2n) is 4.72. The summed E-state index contributed by atoms with van der Waals surface area (Å²) >= 11 is 3.58. The minimum absolute atomic E-state index is 0.528. The maximum absolute atomic E-state index is 5.33. The van der Waals surface area contributed by atoms with E-state index in [4.69, 9.17) is 9.47 Å². The van der Waals surface area contributed by atoms with Crippen molar-refractivity contribution in [3.05, 3.63) is 22.2 Å². The van der Waals surface area contributed by atoms with E-state index in [1.807, 2.05) is 12.1 Å². The van der Waals surface area contributed by atoms with Crippen molar-refractivity contribution in [2.45, 2.75) is 45.7 Å². The molecule has 0 heterocycles. The summed E-state index contributed by atoms with van der Waals surface area (Å²) in [5.41, 5.74) is 1.18. The lowest BCUT2D eigenvalue weighted by atomic mass is 10.1. The van der Waals surface area contributed by atoms with Crippen LogP contribution in [0.4, 0.5) is 0 Å². The van der Waals surface area contributed by atoms with Gasteiger partial charge in [0, 0.05) is 17.1 Å². The van der Waals surface area contributed by atoms with E-state index in [0.29, 0.717) is 6.04 Å². The first-order valence-corrected chi connectivity index (χ1v) is 7.55. The fourth-order valence-corrected chi connectivity index (χ4v) is 2.39. The van der Waals surface area contributed by atoms with Crippen LogP contribution in [0.3, 0.4) is 0 Å². The van der Waals surface area contributed by atoms with E-state index in [2.05, 4.69) is 35.1 Å². The van der Waals surface area contributed by atoms with Gasteiger partial charge in [-0.3, -0.25) is 0 Å². The van der Waals surface area contributed by atoms with E-state index in [-0.39, 0.29) is 0 Å². The Balaban J connectivity index is 2.67. The molecule has 3 nitrogen and oxygen atoms in total. The number of rotatable bonds is 8. The molecule has 0 aromatic heterocycles. The smallest absolute Gasteiger partial charge is 0.161 e. The summed E-state index contributed by atoms with van der Waals surface area (Å²) in [5.74, 6) is 1.51. The second kappa shape index (κ2) is 8.43. The van der Waals surface area contributed by atoms with Crippen LogP contribution in [-0.4, -0.2) is 20.3 Å². The molecule has 0 aliphatic carbocycles. The van der Waals surface area contributed by atoms with Crippen molar-refractivity contribution in [1.29, 1.82) is 0 Å². The lowest BCUT2D eigenvalue weighted by Gasteiger charge is -2.16. The summed E-state index contributed by atoms with van der Waals surface area (Å²) in [4.78, 5) is 0. The summed E-state index contributed by atoms with van der Waals surface area (Å²) in [6.45, 7) is 5.27. The molecule has 4 heteroatoms. The van der Waals surface area contributed by atoms with E-state index in [9.17, 15) is 0 Å². The topological polar surface area (TPSA) is 30.5 Å². The van der Waals surface area contributed by atoms with E-state index < -0.39 is 0 Å². The number of unbranched alkanes of at least 4 members (excludes halogenated alkanes) is 1. The highest BCUT2D eigenvalue weighted by Crippen LogP contribution is 2.33. The van der Waals surface area contributed by atoms with Crippen molar-refractivity contribution in [3.63, 3.8) is 0 Å². The van der Waals surface area contributed by atoms with Crippen LogP contribution in [0.2, 0.25) is 0 Å². The molecule has 1 rings (SSSR count). The Morgan fingerprint density at radius 1 is 1.21 bits per heavy atom. The first-order chi connectivity index (χ1) is 9.12. The molecule has 1 aromatic rings. The van der Waals surface area contributed by atoms with Crippen LogP contribution in [0.25, 0.3) is 0 Å². The molecule has 0 aliphatic rings. The number of nitrogens with one attached hydrogen (secondary N) is 1. The Morgan fingerprint density at radius 2 is 1.84 bits per heavy atom. The van der Waals surface area contributed by atoms with Gasteiger partial charge in [-0.1, -0.05) is 35.7 Å². The number of hydrogen-bond donors (Lipinski definition) is 1. The first kappa shape index (κ1) is 16.3. The Bertz CT molecular complexity index is 396. The second-order valence-corrected chi connectivity index (χ2v) is 5.58. The fraction of sp³-hybridized carbons (Fsp3) is 0.600. The zero-order chi connectivity index (χ0) is 14.3. The predicted octanol–water partition coefficient (Wildman–Crippen LogP) is 4.13. The number of benzene rings is 1. The first-order valence-electron chi connectivity index (χ1n) is 6.76. The van der Waals surface area contributed by atoms with E-state index >= 15 is 0 Å². The Morgan fingerprint density at radius 3 is 2.42 bits per heavy atom. The van der Waals surface area contributed by atoms with Crippen molar-refractivity contribution in [2.24, 2.45) is 0 Å². The molecular weight excluding hydrogens is 306 g/mol. The van der Waals surface area contributed by atoms with Gasteiger partial charge in [0.1, 0.15) is 0 Å². The highest BCUT2D eigenvalue weighted by molar-refractivity contribution is 9.10. The van der Waals surface area contributed by atoms with Gasteiger partial charge in [0.2, 0.25) is 0 Å². The van der Waals surface area contributed by atoms with Crippen LogP contribution in [0, 0.1) is 0 Å². The molecule has 0 saturated heterocycles. The SMILES string of the molecule is CCCCC(C)NCc1cc(OC)c(OC)cc1Br. The Kier molecular flexibility index (Phi) is 7.24. The summed E-state index contributed by atoms with van der Waals surface area (Å²) in [7, 11) is 3.31. The van der Waals surface area contributed by atoms with Crippen LogP contribution in [-0.2, 0) is 6.54 Å². The lowest BCUT2D eigenvalue weighted by molar-refractivity contribution is 0.354. The number of halogens is 1. The quantitative estimate of drug-likeness (QED) is 0.777. The third-order valence-electron chi connectivity index (χ3n) is 3.18. The molecule has 0 radical (unpaired) electrons. The summed E-state index contributed by atoms with van der Waals surface area (Å²) in [6, 6.07) is 4.50. The molecule has 0 amide bonds. The van der Waals surface area contributed by atoms with Crippen LogP contribution >= 0.6 is 15.9 Å². The number of methoxy groups -OCH3 is 2. The highest BCUT2D eigenvalue weighted by Gasteiger charge is 2.10. The number of hydrogen-bond acceptors (Lipinski definition) is 3. The average Bonchev–Trinajstić information content (AvgIpc) is 2.43. The van der Waals surface area contributed by atoms with Gasteiger partial charge in [-0.15, -0.1) is 0 Å². The molecule has 108 valence electrons. The molecule has 0 spiro atoms. The molecule has 0 aliphatic heterocycles. The van der Waals surface area contributed by atoms with Crippen LogP contribution in [0.15, 0.2) is 16.6 Å². The van der Waals surface area contributed by atoms with Crippen LogP contribution < -0.4 is 14.8 Å². The standard InChI is InChI=1S/C15H24BrNO2/c1-5-6-7-11(2)17-10-12-8-14(18-3)15(19-4)9-13(12)16/h8-9,11,17H,5-7,10H2,1-4H3. The zero-order valence-corrected chi connectivity index (χ0v) is 13.8. The van der Waals surface area contributed by atoms with Crippen molar-refractivity contribution >= 4 is 15.9 Å². The van der Waals surface area contributed by atoms with Gasteiger partial charge in [0.05, 0.1) is 14.2 Å². The lowest BCUT2D eigenvalue weighted by Crippen LogP contribution is -2.25. The van der Waals surface area contributed by atoms with Gasteiger partial charge < -0.3 is 14.8 Å². The van der Waals surface area contributed by atoms with Gasteiger partial charge in [-0.2, -0.15) is 0 Å². The minimum Gasteiger partial charge on any atom is -0.493 e. The molecule has 1 atom stereocenters. The fourth-order valence-electron chi connectivity index (χ4n) is 1.93. The maximum Gasteiger partial charge on any atom is 0.161 e. The molecule has 1 aromatic carbocycles.